The summed E-state index contributed by atoms with van der Waals surface area (Å²) in [4.78, 5) is 20.7. The van der Waals surface area contributed by atoms with Gasteiger partial charge in [0.1, 0.15) is 11.6 Å². The summed E-state index contributed by atoms with van der Waals surface area (Å²) in [5, 5.41) is 3.18. The summed E-state index contributed by atoms with van der Waals surface area (Å²) >= 11 is 0. The maximum Gasteiger partial charge on any atom is 0.236 e. The largest absolute Gasteiger partial charge is 0.353 e. The van der Waals surface area contributed by atoms with Gasteiger partial charge in [-0.15, -0.1) is 0 Å². The van der Waals surface area contributed by atoms with Gasteiger partial charge in [0.25, 0.3) is 0 Å². The summed E-state index contributed by atoms with van der Waals surface area (Å²) in [6.07, 6.45) is 2.57. The van der Waals surface area contributed by atoms with E-state index in [9.17, 15) is 9.18 Å². The number of hydrogen-bond donors (Lipinski definition) is 1. The molecule has 5 nitrogen and oxygen atoms in total. The van der Waals surface area contributed by atoms with Crippen molar-refractivity contribution in [2.24, 2.45) is 0 Å². The molecule has 1 N–H and O–H groups in total. The Balaban J connectivity index is 1.36. The fourth-order valence-corrected chi connectivity index (χ4v) is 2.92. The van der Waals surface area contributed by atoms with E-state index in [-0.39, 0.29) is 11.7 Å². The van der Waals surface area contributed by atoms with Gasteiger partial charge in [-0.05, 0) is 42.8 Å². The van der Waals surface area contributed by atoms with Gasteiger partial charge in [-0.1, -0.05) is 18.2 Å². The van der Waals surface area contributed by atoms with E-state index < -0.39 is 0 Å². The van der Waals surface area contributed by atoms with E-state index in [1.54, 1.807) is 18.3 Å². The molecular formula is C19H23FN4O. The number of hydrogen-bond acceptors (Lipinski definition) is 4. The molecule has 0 aliphatic carbocycles. The first-order chi connectivity index (χ1) is 12.2. The van der Waals surface area contributed by atoms with Crippen LogP contribution >= 0.6 is 0 Å². The molecule has 132 valence electrons. The minimum absolute atomic E-state index is 0.125. The second-order valence-electron chi connectivity index (χ2n) is 6.11. The lowest BCUT2D eigenvalue weighted by molar-refractivity contribution is -0.130. The Bertz CT molecular complexity index is 670. The Labute approximate surface area is 147 Å². The number of anilines is 1. The van der Waals surface area contributed by atoms with Crippen LogP contribution in [0.5, 0.6) is 0 Å². The molecule has 0 spiro atoms. The third-order valence-electron chi connectivity index (χ3n) is 4.39. The van der Waals surface area contributed by atoms with Gasteiger partial charge in [-0.2, -0.15) is 0 Å². The van der Waals surface area contributed by atoms with Crippen LogP contribution in [0.15, 0.2) is 48.7 Å². The van der Waals surface area contributed by atoms with Gasteiger partial charge >= 0.3 is 0 Å². The standard InChI is InChI=1S/C19H23FN4O/c20-17-6-4-16(5-7-17)8-10-21-15-19(25)24-13-11-23(12-14-24)18-3-1-2-9-22-18/h1-7,9,21H,8,10-15H2. The Morgan fingerprint density at radius 3 is 2.52 bits per heavy atom. The fraction of sp³-hybridized carbons (Fsp3) is 0.368. The number of amides is 1. The van der Waals surface area contributed by atoms with Crippen LogP contribution in [0, 0.1) is 5.82 Å². The molecule has 1 fully saturated rings. The van der Waals surface area contributed by atoms with E-state index in [0.717, 1.165) is 44.0 Å². The molecule has 0 unspecified atom stereocenters. The molecule has 0 saturated carbocycles. The zero-order valence-electron chi connectivity index (χ0n) is 14.2. The summed E-state index contributed by atoms with van der Waals surface area (Å²) in [6, 6.07) is 12.3. The summed E-state index contributed by atoms with van der Waals surface area (Å²) in [5.74, 6) is 0.864. The van der Waals surface area contributed by atoms with Crippen LogP contribution in [0.25, 0.3) is 0 Å². The molecule has 1 aliphatic rings. The predicted molar refractivity (Wildman–Crippen MR) is 96.0 cm³/mol. The second-order valence-corrected chi connectivity index (χ2v) is 6.11. The predicted octanol–water partition coefficient (Wildman–Crippen LogP) is 1.70. The van der Waals surface area contributed by atoms with Crippen molar-refractivity contribution in [3.8, 4) is 0 Å². The lowest BCUT2D eigenvalue weighted by Gasteiger charge is -2.35. The number of pyridine rings is 1. The lowest BCUT2D eigenvalue weighted by Crippen LogP contribution is -2.51. The van der Waals surface area contributed by atoms with Crippen molar-refractivity contribution in [3.63, 3.8) is 0 Å². The van der Waals surface area contributed by atoms with Crippen molar-refractivity contribution in [2.75, 3.05) is 44.2 Å². The third kappa shape index (κ3) is 5.00. The number of nitrogens with one attached hydrogen (secondary N) is 1. The Hall–Kier alpha value is -2.47. The zero-order valence-corrected chi connectivity index (χ0v) is 14.2. The van der Waals surface area contributed by atoms with Crippen LogP contribution < -0.4 is 10.2 Å². The monoisotopic (exact) mass is 342 g/mol. The molecule has 1 aromatic carbocycles. The second kappa shape index (κ2) is 8.58. The van der Waals surface area contributed by atoms with Crippen molar-refractivity contribution in [3.05, 3.63) is 60.0 Å². The highest BCUT2D eigenvalue weighted by Gasteiger charge is 2.21. The zero-order chi connectivity index (χ0) is 17.5. The minimum atomic E-state index is -0.225. The first-order valence-corrected chi connectivity index (χ1v) is 8.61. The number of carbonyl (C=O) groups excluding carboxylic acids is 1. The Morgan fingerprint density at radius 1 is 1.08 bits per heavy atom. The van der Waals surface area contributed by atoms with Gasteiger partial charge in [0.2, 0.25) is 5.91 Å². The van der Waals surface area contributed by atoms with Crippen molar-refractivity contribution in [2.45, 2.75) is 6.42 Å². The molecule has 25 heavy (non-hydrogen) atoms. The van der Waals surface area contributed by atoms with Crippen molar-refractivity contribution >= 4 is 11.7 Å². The molecule has 6 heteroatoms. The number of piperazine rings is 1. The first-order valence-electron chi connectivity index (χ1n) is 8.61. The van der Waals surface area contributed by atoms with Crippen LogP contribution in [0.4, 0.5) is 10.2 Å². The normalized spacial score (nSPS) is 14.6. The van der Waals surface area contributed by atoms with Crippen LogP contribution in [-0.4, -0.2) is 55.1 Å². The summed E-state index contributed by atoms with van der Waals surface area (Å²) in [5.41, 5.74) is 1.06. The van der Waals surface area contributed by atoms with E-state index in [4.69, 9.17) is 0 Å². The van der Waals surface area contributed by atoms with E-state index >= 15 is 0 Å². The smallest absolute Gasteiger partial charge is 0.236 e. The van der Waals surface area contributed by atoms with Crippen molar-refractivity contribution < 1.29 is 9.18 Å². The molecule has 2 heterocycles. The summed E-state index contributed by atoms with van der Waals surface area (Å²) in [6.45, 7) is 4.08. The average molecular weight is 342 g/mol. The number of carbonyl (C=O) groups is 1. The highest BCUT2D eigenvalue weighted by atomic mass is 19.1. The van der Waals surface area contributed by atoms with Gasteiger partial charge < -0.3 is 15.1 Å². The Kier molecular flexibility index (Phi) is 5.95. The molecule has 0 bridgehead atoms. The van der Waals surface area contributed by atoms with Crippen LogP contribution in [0.2, 0.25) is 0 Å². The van der Waals surface area contributed by atoms with Crippen molar-refractivity contribution in [1.29, 1.82) is 0 Å². The molecule has 1 aliphatic heterocycles. The topological polar surface area (TPSA) is 48.5 Å². The highest BCUT2D eigenvalue weighted by Crippen LogP contribution is 2.12. The maximum absolute atomic E-state index is 12.8. The number of benzene rings is 1. The molecular weight excluding hydrogens is 319 g/mol. The molecule has 1 saturated heterocycles. The summed E-state index contributed by atoms with van der Waals surface area (Å²) < 4.78 is 12.8. The number of halogens is 1. The van der Waals surface area contributed by atoms with Crippen LogP contribution in [0.1, 0.15) is 5.56 Å². The first kappa shape index (κ1) is 17.4. The van der Waals surface area contributed by atoms with Gasteiger partial charge in [0, 0.05) is 32.4 Å². The maximum atomic E-state index is 12.8. The van der Waals surface area contributed by atoms with Crippen LogP contribution in [0.3, 0.4) is 0 Å². The lowest BCUT2D eigenvalue weighted by atomic mass is 10.1. The van der Waals surface area contributed by atoms with Gasteiger partial charge in [0.05, 0.1) is 6.54 Å². The molecule has 1 amide bonds. The minimum Gasteiger partial charge on any atom is -0.353 e. The SMILES string of the molecule is O=C(CNCCc1ccc(F)cc1)N1CCN(c2ccccn2)CC1. The van der Waals surface area contributed by atoms with Gasteiger partial charge in [0.15, 0.2) is 0 Å². The Morgan fingerprint density at radius 2 is 1.84 bits per heavy atom. The van der Waals surface area contributed by atoms with E-state index in [1.807, 2.05) is 23.1 Å². The molecule has 0 radical (unpaired) electrons. The van der Waals surface area contributed by atoms with Crippen molar-refractivity contribution in [1.82, 2.24) is 15.2 Å². The quantitative estimate of drug-likeness (QED) is 0.812. The number of nitrogens with zero attached hydrogens (tertiary/aromatic N) is 3. The number of aromatic nitrogens is 1. The van der Waals surface area contributed by atoms with Gasteiger partial charge in [-0.25, -0.2) is 9.37 Å². The van der Waals surface area contributed by atoms with Gasteiger partial charge in [-0.3, -0.25) is 4.79 Å². The fourth-order valence-electron chi connectivity index (χ4n) is 2.92. The average Bonchev–Trinajstić information content (AvgIpc) is 2.67. The molecule has 2 aromatic rings. The number of rotatable bonds is 6. The highest BCUT2D eigenvalue weighted by molar-refractivity contribution is 5.78. The van der Waals surface area contributed by atoms with E-state index in [2.05, 4.69) is 15.2 Å². The third-order valence-corrected chi connectivity index (χ3v) is 4.39. The van der Waals surface area contributed by atoms with E-state index in [1.165, 1.54) is 12.1 Å². The van der Waals surface area contributed by atoms with Crippen LogP contribution in [-0.2, 0) is 11.2 Å². The summed E-state index contributed by atoms with van der Waals surface area (Å²) in [7, 11) is 0. The molecule has 1 aromatic heterocycles. The molecule has 3 rings (SSSR count). The van der Waals surface area contributed by atoms with E-state index in [0.29, 0.717) is 13.1 Å². The molecule has 0 atom stereocenters.